The van der Waals surface area contributed by atoms with Gasteiger partial charge in [0.15, 0.2) is 5.82 Å². The molecule has 2 aromatic heterocycles. The standard InChI is InChI=1S/C17H21N5O2/c1-12(2)21-11-14(9-15(21)23)17(24)19-10-13-5-3-6-18-16(13)22-8-4-7-20-22/h3-8,12,14H,9-11H2,1-2H3,(H,19,24)/t14-/m1/s1. The van der Waals surface area contributed by atoms with Gasteiger partial charge in [0.2, 0.25) is 11.8 Å². The molecule has 7 heteroatoms. The minimum atomic E-state index is -0.287. The molecule has 2 aromatic rings. The molecular weight excluding hydrogens is 306 g/mol. The van der Waals surface area contributed by atoms with Crippen molar-refractivity contribution in [2.24, 2.45) is 5.92 Å². The topological polar surface area (TPSA) is 80.1 Å². The van der Waals surface area contributed by atoms with Gasteiger partial charge >= 0.3 is 0 Å². The van der Waals surface area contributed by atoms with Crippen molar-refractivity contribution in [1.29, 1.82) is 0 Å². The fraction of sp³-hybridized carbons (Fsp3) is 0.412. The zero-order valence-corrected chi connectivity index (χ0v) is 13.8. The number of hydrogen-bond donors (Lipinski definition) is 1. The summed E-state index contributed by atoms with van der Waals surface area (Å²) in [4.78, 5) is 30.4. The number of likely N-dealkylation sites (tertiary alicyclic amines) is 1. The summed E-state index contributed by atoms with van der Waals surface area (Å²) in [6.45, 7) is 4.77. The summed E-state index contributed by atoms with van der Waals surface area (Å²) in [5, 5.41) is 7.11. The van der Waals surface area contributed by atoms with E-state index in [2.05, 4.69) is 15.4 Å². The lowest BCUT2D eigenvalue weighted by atomic mass is 10.1. The van der Waals surface area contributed by atoms with Gasteiger partial charge in [-0.05, 0) is 26.0 Å². The van der Waals surface area contributed by atoms with Gasteiger partial charge < -0.3 is 10.2 Å². The van der Waals surface area contributed by atoms with Crippen molar-refractivity contribution in [3.63, 3.8) is 0 Å². The number of amides is 2. The molecule has 3 heterocycles. The molecule has 126 valence electrons. The largest absolute Gasteiger partial charge is 0.352 e. The van der Waals surface area contributed by atoms with Crippen LogP contribution < -0.4 is 5.32 Å². The lowest BCUT2D eigenvalue weighted by Gasteiger charge is -2.20. The quantitative estimate of drug-likeness (QED) is 0.893. The van der Waals surface area contributed by atoms with E-state index in [4.69, 9.17) is 0 Å². The van der Waals surface area contributed by atoms with Gasteiger partial charge in [0, 0.05) is 49.7 Å². The van der Waals surface area contributed by atoms with Gasteiger partial charge in [-0.2, -0.15) is 5.10 Å². The minimum absolute atomic E-state index is 0.0451. The Morgan fingerprint density at radius 1 is 1.38 bits per heavy atom. The molecule has 1 aliphatic rings. The average Bonchev–Trinajstić information content (AvgIpc) is 3.22. The van der Waals surface area contributed by atoms with Crippen LogP contribution in [0.2, 0.25) is 0 Å². The molecule has 1 atom stereocenters. The van der Waals surface area contributed by atoms with Gasteiger partial charge in [0.05, 0.1) is 5.92 Å². The Balaban J connectivity index is 1.65. The molecule has 1 N–H and O–H groups in total. The van der Waals surface area contributed by atoms with E-state index >= 15 is 0 Å². The maximum absolute atomic E-state index is 12.4. The molecule has 24 heavy (non-hydrogen) atoms. The van der Waals surface area contributed by atoms with Crippen molar-refractivity contribution in [1.82, 2.24) is 25.0 Å². The highest BCUT2D eigenvalue weighted by atomic mass is 16.2. The van der Waals surface area contributed by atoms with Crippen molar-refractivity contribution in [3.05, 3.63) is 42.4 Å². The zero-order chi connectivity index (χ0) is 17.1. The Hall–Kier alpha value is -2.70. The Morgan fingerprint density at radius 2 is 2.21 bits per heavy atom. The number of carbonyl (C=O) groups is 2. The van der Waals surface area contributed by atoms with E-state index in [1.54, 1.807) is 22.0 Å². The zero-order valence-electron chi connectivity index (χ0n) is 13.8. The summed E-state index contributed by atoms with van der Waals surface area (Å²) in [7, 11) is 0. The molecule has 0 saturated carbocycles. The molecule has 0 radical (unpaired) electrons. The summed E-state index contributed by atoms with van der Waals surface area (Å²) in [6.07, 6.45) is 5.47. The highest BCUT2D eigenvalue weighted by Gasteiger charge is 2.35. The Bertz CT molecular complexity index is 726. The molecule has 3 rings (SSSR count). The average molecular weight is 327 g/mol. The third-order valence-electron chi connectivity index (χ3n) is 4.19. The molecule has 1 aliphatic heterocycles. The van der Waals surface area contributed by atoms with Crippen LogP contribution in [0.4, 0.5) is 0 Å². The lowest BCUT2D eigenvalue weighted by molar-refractivity contribution is -0.130. The number of rotatable bonds is 5. The van der Waals surface area contributed by atoms with Gasteiger partial charge in [-0.25, -0.2) is 9.67 Å². The number of hydrogen-bond acceptors (Lipinski definition) is 4. The van der Waals surface area contributed by atoms with Crippen LogP contribution in [-0.2, 0) is 16.1 Å². The maximum Gasteiger partial charge on any atom is 0.225 e. The molecule has 0 aromatic carbocycles. The van der Waals surface area contributed by atoms with Crippen LogP contribution in [0.1, 0.15) is 25.8 Å². The summed E-state index contributed by atoms with van der Waals surface area (Å²) >= 11 is 0. The first-order chi connectivity index (χ1) is 11.6. The summed E-state index contributed by atoms with van der Waals surface area (Å²) < 4.78 is 1.67. The molecule has 0 bridgehead atoms. The van der Waals surface area contributed by atoms with Crippen LogP contribution >= 0.6 is 0 Å². The lowest BCUT2D eigenvalue weighted by Crippen LogP contribution is -2.35. The monoisotopic (exact) mass is 327 g/mol. The first-order valence-electron chi connectivity index (χ1n) is 8.07. The van der Waals surface area contributed by atoms with Crippen molar-refractivity contribution < 1.29 is 9.59 Å². The summed E-state index contributed by atoms with van der Waals surface area (Å²) in [6, 6.07) is 5.68. The van der Waals surface area contributed by atoms with Crippen LogP contribution in [0.15, 0.2) is 36.8 Å². The normalized spacial score (nSPS) is 17.5. The van der Waals surface area contributed by atoms with Crippen molar-refractivity contribution in [3.8, 4) is 5.82 Å². The molecule has 0 spiro atoms. The highest BCUT2D eigenvalue weighted by molar-refractivity contribution is 5.89. The maximum atomic E-state index is 12.4. The van der Waals surface area contributed by atoms with Gasteiger partial charge in [-0.15, -0.1) is 0 Å². The summed E-state index contributed by atoms with van der Waals surface area (Å²) in [5.74, 6) is 0.351. The number of nitrogens with one attached hydrogen (secondary N) is 1. The second-order valence-electron chi connectivity index (χ2n) is 6.20. The van der Waals surface area contributed by atoms with E-state index in [1.165, 1.54) is 0 Å². The molecule has 2 amide bonds. The highest BCUT2D eigenvalue weighted by Crippen LogP contribution is 2.20. The van der Waals surface area contributed by atoms with Crippen molar-refractivity contribution in [2.45, 2.75) is 32.9 Å². The fourth-order valence-electron chi connectivity index (χ4n) is 2.90. The number of carbonyl (C=O) groups excluding carboxylic acids is 2. The molecule has 1 saturated heterocycles. The van der Waals surface area contributed by atoms with Gasteiger partial charge in [-0.1, -0.05) is 6.07 Å². The van der Waals surface area contributed by atoms with E-state index in [9.17, 15) is 9.59 Å². The van der Waals surface area contributed by atoms with Gasteiger partial charge in [0.25, 0.3) is 0 Å². The molecule has 0 unspecified atom stereocenters. The summed E-state index contributed by atoms with van der Waals surface area (Å²) in [5.41, 5.74) is 0.875. The number of aromatic nitrogens is 3. The second-order valence-corrected chi connectivity index (χ2v) is 6.20. The Kier molecular flexibility index (Phi) is 4.59. The SMILES string of the molecule is CC(C)N1C[C@H](C(=O)NCc2cccnc2-n2cccn2)CC1=O. The molecular formula is C17H21N5O2. The third kappa shape index (κ3) is 3.29. The molecule has 1 fully saturated rings. The van der Waals surface area contributed by atoms with E-state index in [0.717, 1.165) is 5.56 Å². The predicted octanol–water partition coefficient (Wildman–Crippen LogP) is 1.14. The third-order valence-corrected chi connectivity index (χ3v) is 4.19. The predicted molar refractivity (Wildman–Crippen MR) is 88.2 cm³/mol. The number of nitrogens with zero attached hydrogens (tertiary/aromatic N) is 4. The smallest absolute Gasteiger partial charge is 0.225 e. The fourth-order valence-corrected chi connectivity index (χ4v) is 2.90. The number of pyridine rings is 1. The van der Waals surface area contributed by atoms with Crippen LogP contribution in [0.3, 0.4) is 0 Å². The Morgan fingerprint density at radius 3 is 2.88 bits per heavy atom. The Labute approximate surface area is 140 Å². The molecule has 0 aliphatic carbocycles. The van der Waals surface area contributed by atoms with Crippen LogP contribution in [-0.4, -0.2) is 44.1 Å². The van der Waals surface area contributed by atoms with E-state index < -0.39 is 0 Å². The van der Waals surface area contributed by atoms with E-state index in [1.807, 2.05) is 38.2 Å². The van der Waals surface area contributed by atoms with Crippen molar-refractivity contribution in [2.75, 3.05) is 6.54 Å². The van der Waals surface area contributed by atoms with Crippen LogP contribution in [0.5, 0.6) is 0 Å². The van der Waals surface area contributed by atoms with E-state index in [0.29, 0.717) is 18.9 Å². The van der Waals surface area contributed by atoms with Crippen molar-refractivity contribution >= 4 is 11.8 Å². The first-order valence-corrected chi connectivity index (χ1v) is 8.07. The van der Waals surface area contributed by atoms with Crippen LogP contribution in [0, 0.1) is 5.92 Å². The minimum Gasteiger partial charge on any atom is -0.352 e. The van der Waals surface area contributed by atoms with Gasteiger partial charge in [-0.3, -0.25) is 9.59 Å². The van der Waals surface area contributed by atoms with Crippen LogP contribution in [0.25, 0.3) is 5.82 Å². The van der Waals surface area contributed by atoms with Gasteiger partial charge in [0.1, 0.15) is 0 Å². The molecule has 7 nitrogen and oxygen atoms in total. The second kappa shape index (κ2) is 6.82. The van der Waals surface area contributed by atoms with E-state index in [-0.39, 0.29) is 30.2 Å². The first kappa shape index (κ1) is 16.2.